The number of methoxy groups -OCH3 is 1. The van der Waals surface area contributed by atoms with Gasteiger partial charge in [-0.2, -0.15) is 0 Å². The largest absolute Gasteiger partial charge is 0.444 e. The van der Waals surface area contributed by atoms with Gasteiger partial charge in [0.2, 0.25) is 12.3 Å². The van der Waals surface area contributed by atoms with Gasteiger partial charge in [0.1, 0.15) is 34.6 Å². The standard InChI is InChI=1S/C36H50F2N8O5/c1-36(2,3)51-35(49)46-15-7-9-29(46)33-40-20-26(42-33)22-11-16-44(17-12-22)31-24(37)18-23(19-25(31)38)27-21-41-32(43-27)28-8-6-14-45(28)30(47)10-5-13-39-34(48)50-4/h18-22,28-29,34,39,48H,5-17H2,1-4H3,(H,40,42)(H,41,43)/t28-,29-,34?/m0/s1. The van der Waals surface area contributed by atoms with Gasteiger partial charge >= 0.3 is 6.09 Å². The lowest BCUT2D eigenvalue weighted by Gasteiger charge is -2.33. The molecule has 2 aromatic heterocycles. The molecule has 0 bridgehead atoms. The van der Waals surface area contributed by atoms with Gasteiger partial charge in [0.25, 0.3) is 0 Å². The van der Waals surface area contributed by atoms with Gasteiger partial charge in [-0.15, -0.1) is 0 Å². The summed E-state index contributed by atoms with van der Waals surface area (Å²) in [4.78, 5) is 46.8. The highest BCUT2D eigenvalue weighted by Gasteiger charge is 2.36. The summed E-state index contributed by atoms with van der Waals surface area (Å²) in [6.07, 6.45) is 7.44. The van der Waals surface area contributed by atoms with E-state index in [0.717, 1.165) is 37.2 Å². The fraction of sp³-hybridized carbons (Fsp3) is 0.611. The molecule has 3 aliphatic rings. The Hall–Kier alpha value is -4.08. The van der Waals surface area contributed by atoms with E-state index in [4.69, 9.17) is 9.47 Å². The summed E-state index contributed by atoms with van der Waals surface area (Å²) in [6, 6.07) is 2.25. The Kier molecular flexibility index (Phi) is 11.3. The molecule has 1 aromatic carbocycles. The molecule has 4 N–H and O–H groups in total. The van der Waals surface area contributed by atoms with Crippen molar-refractivity contribution in [3.63, 3.8) is 0 Å². The number of rotatable bonds is 11. The van der Waals surface area contributed by atoms with Crippen LogP contribution < -0.4 is 10.2 Å². The van der Waals surface area contributed by atoms with Crippen LogP contribution in [0.3, 0.4) is 0 Å². The topological polar surface area (TPSA) is 152 Å². The van der Waals surface area contributed by atoms with Crippen molar-refractivity contribution in [3.05, 3.63) is 53.5 Å². The minimum atomic E-state index is -1.07. The fourth-order valence-electron chi connectivity index (χ4n) is 7.45. The number of anilines is 1. The van der Waals surface area contributed by atoms with Gasteiger partial charge < -0.3 is 34.3 Å². The quantitative estimate of drug-likeness (QED) is 0.149. The molecule has 3 aliphatic heterocycles. The molecule has 3 atom stereocenters. The summed E-state index contributed by atoms with van der Waals surface area (Å²) in [5.41, 5.74) is 1.17. The van der Waals surface area contributed by atoms with Crippen molar-refractivity contribution in [2.75, 3.05) is 44.7 Å². The Morgan fingerprint density at radius 3 is 2.25 bits per heavy atom. The zero-order valence-electron chi connectivity index (χ0n) is 29.9. The van der Waals surface area contributed by atoms with Crippen molar-refractivity contribution >= 4 is 17.7 Å². The van der Waals surface area contributed by atoms with Crippen LogP contribution in [-0.2, 0) is 14.3 Å². The lowest BCUT2D eigenvalue weighted by atomic mass is 9.93. The number of imidazole rings is 2. The molecule has 2 amide bonds. The summed E-state index contributed by atoms with van der Waals surface area (Å²) in [6.45, 7) is 8.16. The van der Waals surface area contributed by atoms with Crippen LogP contribution in [0.4, 0.5) is 19.3 Å². The summed E-state index contributed by atoms with van der Waals surface area (Å²) in [5, 5.41) is 12.2. The molecule has 6 rings (SSSR count). The number of halogens is 2. The number of hydrogen-bond donors (Lipinski definition) is 4. The van der Waals surface area contributed by atoms with E-state index in [-0.39, 0.29) is 35.7 Å². The molecule has 0 saturated carbocycles. The van der Waals surface area contributed by atoms with Crippen LogP contribution in [-0.4, -0.2) is 98.7 Å². The van der Waals surface area contributed by atoms with Crippen LogP contribution in [0.2, 0.25) is 0 Å². The molecular weight excluding hydrogens is 662 g/mol. The number of carbonyl (C=O) groups excluding carboxylic acids is 2. The number of aromatic amines is 2. The highest BCUT2D eigenvalue weighted by atomic mass is 19.1. The Bertz CT molecular complexity index is 1640. The van der Waals surface area contributed by atoms with Gasteiger partial charge in [0.05, 0.1) is 24.0 Å². The number of nitrogens with one attached hydrogen (secondary N) is 3. The van der Waals surface area contributed by atoms with E-state index >= 15 is 8.78 Å². The predicted molar refractivity (Wildman–Crippen MR) is 186 cm³/mol. The molecule has 3 saturated heterocycles. The van der Waals surface area contributed by atoms with E-state index in [9.17, 15) is 14.7 Å². The maximum Gasteiger partial charge on any atom is 0.410 e. The van der Waals surface area contributed by atoms with Crippen molar-refractivity contribution < 1.29 is 33.0 Å². The zero-order chi connectivity index (χ0) is 36.3. The number of H-pyrrole nitrogens is 2. The van der Waals surface area contributed by atoms with Gasteiger partial charge in [-0.05, 0) is 77.8 Å². The molecule has 5 heterocycles. The van der Waals surface area contributed by atoms with Crippen molar-refractivity contribution in [1.82, 2.24) is 35.1 Å². The third-order valence-corrected chi connectivity index (χ3v) is 9.98. The van der Waals surface area contributed by atoms with Gasteiger partial charge in [0.15, 0.2) is 0 Å². The van der Waals surface area contributed by atoms with Crippen LogP contribution in [0.5, 0.6) is 0 Å². The Morgan fingerprint density at radius 2 is 1.59 bits per heavy atom. The van der Waals surface area contributed by atoms with Gasteiger partial charge in [-0.25, -0.2) is 23.5 Å². The number of hydrogen-bond acceptors (Lipinski definition) is 9. The number of nitrogens with zero attached hydrogens (tertiary/aromatic N) is 5. The molecule has 278 valence electrons. The lowest BCUT2D eigenvalue weighted by Crippen LogP contribution is -2.36. The van der Waals surface area contributed by atoms with Crippen molar-refractivity contribution in [3.8, 4) is 11.3 Å². The molecule has 51 heavy (non-hydrogen) atoms. The van der Waals surface area contributed by atoms with E-state index in [1.54, 1.807) is 20.9 Å². The summed E-state index contributed by atoms with van der Waals surface area (Å²) < 4.78 is 41.6. The molecule has 0 radical (unpaired) electrons. The maximum atomic E-state index is 15.6. The number of ether oxygens (including phenoxy) is 2. The number of carbonyl (C=O) groups is 2. The SMILES string of the molecule is COC(O)NCCCC(=O)N1CCC[C@H]1c1ncc(-c2cc(F)c(N3CCC(c4cnc([C@@H]5CCCN5C(=O)OC(C)(C)C)[nH]4)CC3)c(F)c2)[nH]1. The van der Waals surface area contributed by atoms with Crippen LogP contribution in [0.1, 0.15) is 107 Å². The van der Waals surface area contributed by atoms with E-state index in [0.29, 0.717) is 75.5 Å². The highest BCUT2D eigenvalue weighted by molar-refractivity contribution is 5.77. The van der Waals surface area contributed by atoms with Crippen LogP contribution >= 0.6 is 0 Å². The van der Waals surface area contributed by atoms with Gasteiger partial charge in [-0.1, -0.05) is 0 Å². The number of likely N-dealkylation sites (tertiary alicyclic amines) is 2. The Labute approximate surface area is 297 Å². The first-order valence-corrected chi connectivity index (χ1v) is 18.0. The summed E-state index contributed by atoms with van der Waals surface area (Å²) in [5.74, 6) is 0.179. The number of benzene rings is 1. The molecule has 1 unspecified atom stereocenters. The number of aliphatic hydroxyl groups is 1. The van der Waals surface area contributed by atoms with Crippen molar-refractivity contribution in [1.29, 1.82) is 0 Å². The summed E-state index contributed by atoms with van der Waals surface area (Å²) in [7, 11) is 1.39. The molecular formula is C36H50F2N8O5. The van der Waals surface area contributed by atoms with E-state index in [1.165, 1.54) is 19.2 Å². The lowest BCUT2D eigenvalue weighted by molar-refractivity contribution is -0.132. The van der Waals surface area contributed by atoms with Gasteiger partial charge in [-0.3, -0.25) is 15.0 Å². The Balaban J connectivity index is 1.05. The van der Waals surface area contributed by atoms with Crippen molar-refractivity contribution in [2.45, 2.75) is 102 Å². The van der Waals surface area contributed by atoms with Crippen LogP contribution in [0.25, 0.3) is 11.3 Å². The first kappa shape index (κ1) is 36.7. The first-order valence-electron chi connectivity index (χ1n) is 18.0. The normalized spacial score (nSPS) is 20.7. The minimum Gasteiger partial charge on any atom is -0.444 e. The molecule has 3 aromatic rings. The molecule has 0 aliphatic carbocycles. The predicted octanol–water partition coefficient (Wildman–Crippen LogP) is 5.49. The van der Waals surface area contributed by atoms with Crippen LogP contribution in [0.15, 0.2) is 24.5 Å². The maximum absolute atomic E-state index is 15.6. The second kappa shape index (κ2) is 15.7. The number of amides is 2. The average Bonchev–Trinajstić information content (AvgIpc) is 3.92. The summed E-state index contributed by atoms with van der Waals surface area (Å²) >= 11 is 0. The third-order valence-electron chi connectivity index (χ3n) is 9.98. The van der Waals surface area contributed by atoms with E-state index in [2.05, 4.69) is 25.3 Å². The first-order chi connectivity index (χ1) is 24.4. The zero-order valence-corrected chi connectivity index (χ0v) is 29.9. The van der Waals surface area contributed by atoms with Crippen molar-refractivity contribution in [2.24, 2.45) is 0 Å². The van der Waals surface area contributed by atoms with Crippen LogP contribution in [0, 0.1) is 11.6 Å². The molecule has 0 spiro atoms. The second-order valence-electron chi connectivity index (χ2n) is 14.7. The molecule has 3 fully saturated rings. The number of aliphatic hydroxyl groups excluding tert-OH is 1. The Morgan fingerprint density at radius 1 is 0.961 bits per heavy atom. The second-order valence-corrected chi connectivity index (χ2v) is 14.7. The minimum absolute atomic E-state index is 0.0130. The number of piperidine rings is 1. The molecule has 15 heteroatoms. The number of aromatic nitrogens is 4. The van der Waals surface area contributed by atoms with E-state index < -0.39 is 23.6 Å². The van der Waals surface area contributed by atoms with Gasteiger partial charge in [0, 0.05) is 69.6 Å². The van der Waals surface area contributed by atoms with E-state index in [1.807, 2.05) is 27.0 Å². The third kappa shape index (κ3) is 8.53. The smallest absolute Gasteiger partial charge is 0.410 e. The highest BCUT2D eigenvalue weighted by Crippen LogP contribution is 2.37. The average molecular weight is 713 g/mol. The monoisotopic (exact) mass is 712 g/mol. The fourth-order valence-corrected chi connectivity index (χ4v) is 7.45. The molecule has 13 nitrogen and oxygen atoms in total.